The second kappa shape index (κ2) is 8.79. The maximum absolute atomic E-state index is 11.8. The van der Waals surface area contributed by atoms with Crippen LogP contribution in [0.1, 0.15) is 21.6 Å². The van der Waals surface area contributed by atoms with E-state index in [2.05, 4.69) is 15.6 Å². The molecular formula is C18H23ClN6O2. The van der Waals surface area contributed by atoms with Gasteiger partial charge < -0.3 is 21.3 Å². The molecule has 9 heteroatoms. The molecule has 4 N–H and O–H groups in total. The van der Waals surface area contributed by atoms with Gasteiger partial charge in [-0.1, -0.05) is 12.1 Å². The summed E-state index contributed by atoms with van der Waals surface area (Å²) < 4.78 is 0. The molecule has 27 heavy (non-hydrogen) atoms. The highest BCUT2D eigenvalue weighted by Crippen LogP contribution is 2.27. The van der Waals surface area contributed by atoms with Crippen LogP contribution in [-0.4, -0.2) is 49.0 Å². The number of fused-ring (bicyclic) bond motifs is 1. The molecule has 0 atom stereocenters. The largest absolute Gasteiger partial charge is 0.366 e. The van der Waals surface area contributed by atoms with Crippen molar-refractivity contribution in [2.45, 2.75) is 13.0 Å². The summed E-state index contributed by atoms with van der Waals surface area (Å²) in [6.07, 6.45) is 0.809. The number of likely N-dealkylation sites (N-methyl/N-ethyl adjacent to an activating group) is 2. The monoisotopic (exact) mass is 390 g/mol. The zero-order valence-electron chi connectivity index (χ0n) is 15.3. The summed E-state index contributed by atoms with van der Waals surface area (Å²) in [6, 6.07) is 6.88. The molecule has 0 fully saturated rings. The van der Waals surface area contributed by atoms with E-state index in [0.29, 0.717) is 17.9 Å². The number of nitrogens with two attached hydrogens (primary N) is 1. The Labute approximate surface area is 164 Å². The van der Waals surface area contributed by atoms with Crippen LogP contribution in [0, 0.1) is 0 Å². The summed E-state index contributed by atoms with van der Waals surface area (Å²) >= 11 is 0. The Balaban J connectivity index is 0.00000261. The molecule has 1 aromatic heterocycles. The maximum Gasteiger partial charge on any atom is 0.248 e. The molecule has 2 amide bonds. The van der Waals surface area contributed by atoms with Gasteiger partial charge >= 0.3 is 0 Å². The lowest BCUT2D eigenvalue weighted by Crippen LogP contribution is -2.35. The van der Waals surface area contributed by atoms with Crippen molar-refractivity contribution in [1.82, 2.24) is 20.6 Å². The average molecular weight is 391 g/mol. The maximum atomic E-state index is 11.8. The molecule has 0 spiro atoms. The van der Waals surface area contributed by atoms with Crippen molar-refractivity contribution in [2.75, 3.05) is 32.1 Å². The van der Waals surface area contributed by atoms with E-state index in [4.69, 9.17) is 10.7 Å². The first-order chi connectivity index (χ1) is 12.5. The third-order valence-electron chi connectivity index (χ3n) is 4.36. The molecule has 0 unspecified atom stereocenters. The summed E-state index contributed by atoms with van der Waals surface area (Å²) in [5, 5.41) is 5.94. The van der Waals surface area contributed by atoms with Crippen LogP contribution >= 0.6 is 12.4 Å². The number of primary amides is 1. The highest BCUT2D eigenvalue weighted by atomic mass is 35.5. The van der Waals surface area contributed by atoms with Gasteiger partial charge in [0, 0.05) is 37.3 Å². The molecule has 0 radical (unpaired) electrons. The van der Waals surface area contributed by atoms with E-state index < -0.39 is 5.91 Å². The molecule has 0 aliphatic carbocycles. The third-order valence-corrected chi connectivity index (χ3v) is 4.36. The summed E-state index contributed by atoms with van der Waals surface area (Å²) in [4.78, 5) is 34.3. The topological polar surface area (TPSA) is 113 Å². The molecule has 1 aliphatic rings. The van der Waals surface area contributed by atoms with Crippen LogP contribution < -0.4 is 21.3 Å². The molecule has 2 aromatic rings. The van der Waals surface area contributed by atoms with E-state index in [1.807, 2.05) is 11.9 Å². The summed E-state index contributed by atoms with van der Waals surface area (Å²) in [5.41, 5.74) is 8.51. The van der Waals surface area contributed by atoms with Crippen LogP contribution in [0.25, 0.3) is 11.4 Å². The number of carbonyl (C=O) groups excluding carboxylic acids is 2. The number of nitrogens with one attached hydrogen (secondary N) is 2. The van der Waals surface area contributed by atoms with Gasteiger partial charge in [-0.25, -0.2) is 9.97 Å². The number of nitrogens with zero attached hydrogens (tertiary/aromatic N) is 3. The Morgan fingerprint density at radius 3 is 2.59 bits per heavy atom. The molecule has 0 saturated carbocycles. The highest BCUT2D eigenvalue weighted by Gasteiger charge is 2.21. The predicted octanol–water partition coefficient (Wildman–Crippen LogP) is 0.492. The Bertz CT molecular complexity index is 840. The Morgan fingerprint density at radius 2 is 1.96 bits per heavy atom. The van der Waals surface area contributed by atoms with Crippen molar-refractivity contribution in [3.8, 4) is 11.4 Å². The fourth-order valence-electron chi connectivity index (χ4n) is 2.94. The first-order valence-electron chi connectivity index (χ1n) is 8.42. The lowest BCUT2D eigenvalue weighted by atomic mass is 10.1. The zero-order valence-corrected chi connectivity index (χ0v) is 16.1. The number of carbonyl (C=O) groups is 2. The summed E-state index contributed by atoms with van der Waals surface area (Å²) in [7, 11) is 3.46. The molecular weight excluding hydrogens is 368 g/mol. The quantitative estimate of drug-likeness (QED) is 0.684. The first-order valence-corrected chi connectivity index (χ1v) is 8.42. The van der Waals surface area contributed by atoms with Gasteiger partial charge in [-0.3, -0.25) is 9.59 Å². The highest BCUT2D eigenvalue weighted by molar-refractivity contribution is 5.93. The number of aromatic nitrogens is 2. The number of anilines is 1. The molecule has 3 rings (SSSR count). The molecule has 1 aliphatic heterocycles. The van der Waals surface area contributed by atoms with Crippen molar-refractivity contribution in [2.24, 2.45) is 5.73 Å². The van der Waals surface area contributed by atoms with Gasteiger partial charge in [-0.05, 0) is 25.1 Å². The van der Waals surface area contributed by atoms with Gasteiger partial charge in [0.2, 0.25) is 11.8 Å². The Hall–Kier alpha value is -2.71. The molecule has 2 heterocycles. The van der Waals surface area contributed by atoms with Crippen LogP contribution in [0.3, 0.4) is 0 Å². The van der Waals surface area contributed by atoms with Crippen LogP contribution in [0.5, 0.6) is 0 Å². The van der Waals surface area contributed by atoms with Crippen molar-refractivity contribution >= 4 is 30.0 Å². The van der Waals surface area contributed by atoms with E-state index in [-0.39, 0.29) is 24.9 Å². The number of halogens is 1. The molecule has 0 saturated heterocycles. The number of benzene rings is 1. The van der Waals surface area contributed by atoms with Gasteiger partial charge in [-0.15, -0.1) is 12.4 Å². The molecule has 0 bridgehead atoms. The zero-order chi connectivity index (χ0) is 18.7. The van der Waals surface area contributed by atoms with Crippen molar-refractivity contribution in [1.29, 1.82) is 0 Å². The minimum atomic E-state index is -0.474. The van der Waals surface area contributed by atoms with Crippen LogP contribution in [-0.2, 0) is 17.8 Å². The van der Waals surface area contributed by atoms with Gasteiger partial charge in [0.15, 0.2) is 5.82 Å². The van der Waals surface area contributed by atoms with E-state index in [9.17, 15) is 9.59 Å². The van der Waals surface area contributed by atoms with Crippen molar-refractivity contribution < 1.29 is 9.59 Å². The fraction of sp³-hybridized carbons (Fsp3) is 0.333. The fourth-order valence-corrected chi connectivity index (χ4v) is 2.94. The minimum Gasteiger partial charge on any atom is -0.366 e. The van der Waals surface area contributed by atoms with Crippen molar-refractivity contribution in [3.63, 3.8) is 0 Å². The van der Waals surface area contributed by atoms with Gasteiger partial charge in [0.1, 0.15) is 5.82 Å². The SMILES string of the molecule is CNC(=O)CN(C)c1nc(-c2ccc(C(N)=O)cc2)nc2c1CCNC2.Cl. The van der Waals surface area contributed by atoms with Crippen LogP contribution in [0.2, 0.25) is 0 Å². The lowest BCUT2D eigenvalue weighted by molar-refractivity contribution is -0.119. The number of rotatable bonds is 5. The van der Waals surface area contributed by atoms with Gasteiger partial charge in [-0.2, -0.15) is 0 Å². The summed E-state index contributed by atoms with van der Waals surface area (Å²) in [6.45, 7) is 1.72. The number of hydrogen-bond donors (Lipinski definition) is 3. The van der Waals surface area contributed by atoms with Crippen LogP contribution in [0.4, 0.5) is 5.82 Å². The van der Waals surface area contributed by atoms with E-state index in [1.54, 1.807) is 31.3 Å². The number of hydrogen-bond acceptors (Lipinski definition) is 6. The van der Waals surface area contributed by atoms with Crippen LogP contribution in [0.15, 0.2) is 24.3 Å². The third kappa shape index (κ3) is 4.53. The second-order valence-corrected chi connectivity index (χ2v) is 6.19. The Morgan fingerprint density at radius 1 is 1.26 bits per heavy atom. The smallest absolute Gasteiger partial charge is 0.248 e. The van der Waals surface area contributed by atoms with E-state index in [0.717, 1.165) is 35.6 Å². The Kier molecular flexibility index (Phi) is 6.70. The normalized spacial score (nSPS) is 12.5. The molecule has 8 nitrogen and oxygen atoms in total. The molecule has 144 valence electrons. The number of amides is 2. The lowest BCUT2D eigenvalue weighted by Gasteiger charge is -2.25. The summed E-state index contributed by atoms with van der Waals surface area (Å²) in [5.74, 6) is 0.760. The van der Waals surface area contributed by atoms with E-state index in [1.165, 1.54) is 0 Å². The average Bonchev–Trinajstić information content (AvgIpc) is 2.66. The first kappa shape index (κ1) is 20.6. The van der Waals surface area contributed by atoms with E-state index >= 15 is 0 Å². The predicted molar refractivity (Wildman–Crippen MR) is 106 cm³/mol. The standard InChI is InChI=1S/C18H22N6O2.ClH/c1-20-15(25)10-24(2)18-13-7-8-21-9-14(13)22-17(23-18)12-5-3-11(4-6-12)16(19)26;/h3-6,21H,7-10H2,1-2H3,(H2,19,26)(H,20,25);1H. The minimum absolute atomic E-state index is 0. The second-order valence-electron chi connectivity index (χ2n) is 6.19. The van der Waals surface area contributed by atoms with Gasteiger partial charge in [0.25, 0.3) is 0 Å². The van der Waals surface area contributed by atoms with Crippen molar-refractivity contribution in [3.05, 3.63) is 41.1 Å². The molecule has 1 aromatic carbocycles. The van der Waals surface area contributed by atoms with Gasteiger partial charge in [0.05, 0.1) is 12.2 Å².